The summed E-state index contributed by atoms with van der Waals surface area (Å²) in [6.07, 6.45) is 0.0350. The number of carbonyl (C=O) groups is 1. The molecule has 3 rings (SSSR count). The van der Waals surface area contributed by atoms with Crippen LogP contribution in [0.5, 0.6) is 0 Å². The number of aryl methyl sites for hydroxylation is 1. The molecule has 1 aliphatic heterocycles. The zero-order valence-electron chi connectivity index (χ0n) is 16.6. The molecule has 0 amide bonds. The van der Waals surface area contributed by atoms with Crippen LogP contribution in [0.4, 0.5) is 0 Å². The van der Waals surface area contributed by atoms with Gasteiger partial charge in [-0.3, -0.25) is 4.99 Å². The van der Waals surface area contributed by atoms with E-state index in [9.17, 15) is 4.79 Å². The summed E-state index contributed by atoms with van der Waals surface area (Å²) in [7, 11) is 3.18. The van der Waals surface area contributed by atoms with Crippen molar-refractivity contribution in [3.63, 3.8) is 0 Å². The van der Waals surface area contributed by atoms with Gasteiger partial charge in [-0.25, -0.2) is 4.79 Å². The van der Waals surface area contributed by atoms with Crippen molar-refractivity contribution in [2.75, 3.05) is 33.9 Å². The van der Waals surface area contributed by atoms with Crippen molar-refractivity contribution >= 4 is 11.9 Å². The van der Waals surface area contributed by atoms with Gasteiger partial charge in [-0.1, -0.05) is 36.4 Å². The van der Waals surface area contributed by atoms with Crippen molar-refractivity contribution in [2.24, 2.45) is 4.99 Å². The molecule has 6 nitrogen and oxygen atoms in total. The van der Waals surface area contributed by atoms with Gasteiger partial charge in [-0.2, -0.15) is 0 Å². The lowest BCUT2D eigenvalue weighted by Gasteiger charge is -2.35. The van der Waals surface area contributed by atoms with Crippen molar-refractivity contribution < 1.29 is 14.3 Å². The third-order valence-electron chi connectivity index (χ3n) is 4.94. The largest absolute Gasteiger partial charge is 0.465 e. The summed E-state index contributed by atoms with van der Waals surface area (Å²) in [6.45, 7) is 4.95. The molecule has 0 saturated carbocycles. The number of rotatable bonds is 4. The second-order valence-electron chi connectivity index (χ2n) is 6.75. The lowest BCUT2D eigenvalue weighted by molar-refractivity contribution is -0.00834. The Labute approximate surface area is 166 Å². The minimum absolute atomic E-state index is 0.0350. The van der Waals surface area contributed by atoms with Gasteiger partial charge in [-0.05, 0) is 35.7 Å². The van der Waals surface area contributed by atoms with Crippen molar-refractivity contribution in [1.82, 2.24) is 10.2 Å². The van der Waals surface area contributed by atoms with Crippen LogP contribution in [0.2, 0.25) is 0 Å². The Balaban J connectivity index is 1.62. The van der Waals surface area contributed by atoms with Gasteiger partial charge in [-0.15, -0.1) is 0 Å². The van der Waals surface area contributed by atoms with Gasteiger partial charge in [0.05, 0.1) is 25.8 Å². The minimum Gasteiger partial charge on any atom is -0.465 e. The molecular formula is C22H27N3O3. The first-order valence-corrected chi connectivity index (χ1v) is 9.42. The number of aliphatic imine (C=N–C) groups is 1. The summed E-state index contributed by atoms with van der Waals surface area (Å²) >= 11 is 0. The topological polar surface area (TPSA) is 63.2 Å². The van der Waals surface area contributed by atoms with Crippen molar-refractivity contribution in [3.05, 3.63) is 70.8 Å². The van der Waals surface area contributed by atoms with E-state index in [0.29, 0.717) is 18.7 Å². The van der Waals surface area contributed by atoms with E-state index in [4.69, 9.17) is 9.47 Å². The van der Waals surface area contributed by atoms with Crippen LogP contribution >= 0.6 is 0 Å². The fraction of sp³-hybridized carbons (Fsp3) is 0.364. The van der Waals surface area contributed by atoms with E-state index in [0.717, 1.165) is 24.6 Å². The quantitative estimate of drug-likeness (QED) is 0.501. The van der Waals surface area contributed by atoms with E-state index in [-0.39, 0.29) is 12.1 Å². The van der Waals surface area contributed by atoms with Crippen molar-refractivity contribution in [1.29, 1.82) is 0 Å². The number of benzene rings is 2. The number of guanidine groups is 1. The van der Waals surface area contributed by atoms with E-state index in [1.807, 2.05) is 18.2 Å². The lowest BCUT2D eigenvalue weighted by atomic mass is 10.0. The maximum atomic E-state index is 11.5. The predicted molar refractivity (Wildman–Crippen MR) is 109 cm³/mol. The molecule has 1 unspecified atom stereocenters. The van der Waals surface area contributed by atoms with E-state index in [1.165, 1.54) is 18.2 Å². The monoisotopic (exact) mass is 381 g/mol. The highest BCUT2D eigenvalue weighted by Gasteiger charge is 2.25. The van der Waals surface area contributed by atoms with Crippen LogP contribution in [0.25, 0.3) is 0 Å². The van der Waals surface area contributed by atoms with E-state index < -0.39 is 0 Å². The van der Waals surface area contributed by atoms with Crippen LogP contribution in [0.1, 0.15) is 33.2 Å². The number of hydrogen-bond donors (Lipinski definition) is 1. The maximum absolute atomic E-state index is 11.5. The number of morpholine rings is 1. The highest BCUT2D eigenvalue weighted by molar-refractivity contribution is 5.89. The Morgan fingerprint density at radius 3 is 2.68 bits per heavy atom. The molecular weight excluding hydrogens is 354 g/mol. The van der Waals surface area contributed by atoms with Gasteiger partial charge in [0, 0.05) is 20.1 Å². The molecule has 0 radical (unpaired) electrons. The van der Waals surface area contributed by atoms with Crippen LogP contribution in [-0.2, 0) is 16.0 Å². The van der Waals surface area contributed by atoms with Crippen LogP contribution in [0.3, 0.4) is 0 Å². The predicted octanol–water partition coefficient (Wildman–Crippen LogP) is 2.93. The molecule has 2 aromatic carbocycles. The van der Waals surface area contributed by atoms with Gasteiger partial charge >= 0.3 is 5.97 Å². The molecule has 0 aliphatic carbocycles. The zero-order valence-corrected chi connectivity index (χ0v) is 16.6. The Morgan fingerprint density at radius 2 is 2.00 bits per heavy atom. The Bertz CT molecular complexity index is 833. The molecule has 0 bridgehead atoms. The normalized spacial score (nSPS) is 17.3. The molecule has 6 heteroatoms. The Kier molecular flexibility index (Phi) is 6.66. The molecule has 1 fully saturated rings. The highest BCUT2D eigenvalue weighted by Crippen LogP contribution is 2.25. The standard InChI is InChI=1S/C22H27N3O3/c1-16-6-4-5-7-19(16)20-15-25(12-13-28-20)22(23-2)24-14-17-8-10-18(11-9-17)21(26)27-3/h4-11,20H,12-15H2,1-3H3,(H,23,24). The number of nitrogens with zero attached hydrogens (tertiary/aromatic N) is 2. The average molecular weight is 381 g/mol. The van der Waals surface area contributed by atoms with Crippen LogP contribution in [0.15, 0.2) is 53.5 Å². The van der Waals surface area contributed by atoms with Gasteiger partial charge in [0.1, 0.15) is 6.10 Å². The van der Waals surface area contributed by atoms with Crippen molar-refractivity contribution in [2.45, 2.75) is 19.6 Å². The number of esters is 1. The summed E-state index contributed by atoms with van der Waals surface area (Å²) in [5.41, 5.74) is 4.08. The molecule has 1 N–H and O–H groups in total. The number of hydrogen-bond acceptors (Lipinski definition) is 4. The van der Waals surface area contributed by atoms with Gasteiger partial charge in [0.25, 0.3) is 0 Å². The maximum Gasteiger partial charge on any atom is 0.337 e. The number of carbonyl (C=O) groups excluding carboxylic acids is 1. The number of nitrogens with one attached hydrogen (secondary N) is 1. The third-order valence-corrected chi connectivity index (χ3v) is 4.94. The smallest absolute Gasteiger partial charge is 0.337 e. The van der Waals surface area contributed by atoms with Crippen molar-refractivity contribution in [3.8, 4) is 0 Å². The molecule has 2 aromatic rings. The second kappa shape index (κ2) is 9.37. The van der Waals surface area contributed by atoms with Gasteiger partial charge in [0.15, 0.2) is 5.96 Å². The molecule has 1 aliphatic rings. The van der Waals surface area contributed by atoms with Crippen LogP contribution in [-0.4, -0.2) is 50.7 Å². The zero-order chi connectivity index (χ0) is 19.9. The van der Waals surface area contributed by atoms with E-state index >= 15 is 0 Å². The fourth-order valence-corrected chi connectivity index (χ4v) is 3.37. The molecule has 148 valence electrons. The lowest BCUT2D eigenvalue weighted by Crippen LogP contribution is -2.48. The summed E-state index contributed by atoms with van der Waals surface area (Å²) < 4.78 is 10.7. The average Bonchev–Trinajstić information content (AvgIpc) is 2.74. The summed E-state index contributed by atoms with van der Waals surface area (Å²) in [5, 5.41) is 3.41. The number of ether oxygens (including phenoxy) is 2. The Hall–Kier alpha value is -2.86. The van der Waals surface area contributed by atoms with E-state index in [1.54, 1.807) is 19.2 Å². The second-order valence-corrected chi connectivity index (χ2v) is 6.75. The third kappa shape index (κ3) is 4.70. The molecule has 1 atom stereocenters. The summed E-state index contributed by atoms with van der Waals surface area (Å²) in [5.74, 6) is 0.518. The Morgan fingerprint density at radius 1 is 1.25 bits per heavy atom. The molecule has 0 aromatic heterocycles. The van der Waals surface area contributed by atoms with Crippen LogP contribution < -0.4 is 5.32 Å². The highest BCUT2D eigenvalue weighted by atomic mass is 16.5. The SMILES string of the molecule is CN=C(NCc1ccc(C(=O)OC)cc1)N1CCOC(c2ccccc2C)C1. The first-order chi connectivity index (χ1) is 13.6. The van der Waals surface area contributed by atoms with Gasteiger partial charge in [0.2, 0.25) is 0 Å². The first kappa shape index (κ1) is 19.9. The summed E-state index contributed by atoms with van der Waals surface area (Å²) in [6, 6.07) is 15.7. The molecule has 28 heavy (non-hydrogen) atoms. The van der Waals surface area contributed by atoms with Crippen LogP contribution in [0, 0.1) is 6.92 Å². The molecule has 1 heterocycles. The summed E-state index contributed by atoms with van der Waals surface area (Å²) in [4.78, 5) is 18.2. The molecule has 1 saturated heterocycles. The van der Waals surface area contributed by atoms with E-state index in [2.05, 4.69) is 40.3 Å². The minimum atomic E-state index is -0.328. The molecule has 0 spiro atoms. The first-order valence-electron chi connectivity index (χ1n) is 9.42. The number of methoxy groups -OCH3 is 1. The fourth-order valence-electron chi connectivity index (χ4n) is 3.37. The van der Waals surface area contributed by atoms with Gasteiger partial charge < -0.3 is 19.7 Å².